The third-order valence-electron chi connectivity index (χ3n) is 2.69. The SMILES string of the molecule is COC1=CC=CCC1NC(=O)c1ccccc1. The Bertz CT molecular complexity index is 449. The van der Waals surface area contributed by atoms with E-state index in [1.165, 1.54) is 0 Å². The summed E-state index contributed by atoms with van der Waals surface area (Å²) in [6.45, 7) is 0. The average Bonchev–Trinajstić information content (AvgIpc) is 2.40. The van der Waals surface area contributed by atoms with E-state index in [1.807, 2.05) is 36.4 Å². The fourth-order valence-corrected chi connectivity index (χ4v) is 1.78. The molecule has 0 aromatic heterocycles. The van der Waals surface area contributed by atoms with E-state index in [-0.39, 0.29) is 11.9 Å². The Hall–Kier alpha value is -2.03. The second-order valence-corrected chi connectivity index (χ2v) is 3.83. The number of hydrogen-bond acceptors (Lipinski definition) is 2. The second-order valence-electron chi connectivity index (χ2n) is 3.83. The summed E-state index contributed by atoms with van der Waals surface area (Å²) in [6, 6.07) is 9.11. The lowest BCUT2D eigenvalue weighted by molar-refractivity contribution is 0.0929. The molecule has 1 amide bonds. The highest BCUT2D eigenvalue weighted by Gasteiger charge is 2.18. The molecular formula is C14H15NO2. The highest BCUT2D eigenvalue weighted by molar-refractivity contribution is 5.94. The summed E-state index contributed by atoms with van der Waals surface area (Å²) < 4.78 is 5.24. The number of hydrogen-bond donors (Lipinski definition) is 1. The first-order valence-corrected chi connectivity index (χ1v) is 5.58. The minimum atomic E-state index is -0.0751. The third kappa shape index (κ3) is 2.75. The third-order valence-corrected chi connectivity index (χ3v) is 2.69. The number of methoxy groups -OCH3 is 1. The van der Waals surface area contributed by atoms with Crippen LogP contribution >= 0.6 is 0 Å². The fourth-order valence-electron chi connectivity index (χ4n) is 1.78. The number of nitrogens with one attached hydrogen (secondary N) is 1. The molecule has 1 aromatic rings. The van der Waals surface area contributed by atoms with Crippen LogP contribution in [0.4, 0.5) is 0 Å². The van der Waals surface area contributed by atoms with Gasteiger partial charge in [0, 0.05) is 5.56 Å². The van der Waals surface area contributed by atoms with Gasteiger partial charge in [0.15, 0.2) is 0 Å². The number of allylic oxidation sites excluding steroid dienone is 2. The van der Waals surface area contributed by atoms with E-state index < -0.39 is 0 Å². The summed E-state index contributed by atoms with van der Waals surface area (Å²) in [6.07, 6.45) is 6.58. The van der Waals surface area contributed by atoms with Crippen molar-refractivity contribution in [1.29, 1.82) is 0 Å². The molecule has 1 N–H and O–H groups in total. The van der Waals surface area contributed by atoms with E-state index >= 15 is 0 Å². The van der Waals surface area contributed by atoms with Gasteiger partial charge in [-0.05, 0) is 24.6 Å². The number of carbonyl (C=O) groups excluding carboxylic acids is 1. The summed E-state index contributed by atoms with van der Waals surface area (Å²) in [5, 5.41) is 2.95. The Kier molecular flexibility index (Phi) is 3.60. The monoisotopic (exact) mass is 229 g/mol. The van der Waals surface area contributed by atoms with E-state index in [0.29, 0.717) is 5.56 Å². The first-order valence-electron chi connectivity index (χ1n) is 5.58. The average molecular weight is 229 g/mol. The van der Waals surface area contributed by atoms with Crippen molar-refractivity contribution < 1.29 is 9.53 Å². The van der Waals surface area contributed by atoms with Crippen LogP contribution in [0, 0.1) is 0 Å². The number of ether oxygens (including phenoxy) is 1. The van der Waals surface area contributed by atoms with Crippen molar-refractivity contribution in [3.63, 3.8) is 0 Å². The molecular weight excluding hydrogens is 214 g/mol. The zero-order valence-corrected chi connectivity index (χ0v) is 9.72. The minimum Gasteiger partial charge on any atom is -0.499 e. The van der Waals surface area contributed by atoms with Gasteiger partial charge >= 0.3 is 0 Å². The molecule has 2 rings (SSSR count). The van der Waals surface area contributed by atoms with Crippen molar-refractivity contribution in [1.82, 2.24) is 5.32 Å². The Balaban J connectivity index is 2.05. The smallest absolute Gasteiger partial charge is 0.251 e. The Morgan fingerprint density at radius 1 is 1.35 bits per heavy atom. The molecule has 1 unspecified atom stereocenters. The molecule has 0 bridgehead atoms. The van der Waals surface area contributed by atoms with Gasteiger partial charge in [-0.1, -0.05) is 30.4 Å². The summed E-state index contributed by atoms with van der Waals surface area (Å²) >= 11 is 0. The van der Waals surface area contributed by atoms with Gasteiger partial charge in [0.25, 0.3) is 5.91 Å². The van der Waals surface area contributed by atoms with Crippen LogP contribution < -0.4 is 5.32 Å². The topological polar surface area (TPSA) is 38.3 Å². The predicted molar refractivity (Wildman–Crippen MR) is 66.5 cm³/mol. The van der Waals surface area contributed by atoms with E-state index in [9.17, 15) is 4.79 Å². The maximum Gasteiger partial charge on any atom is 0.251 e. The standard InChI is InChI=1S/C14H15NO2/c1-17-13-10-6-5-9-12(13)15-14(16)11-7-3-2-4-8-11/h2-8,10,12H,9H2,1H3,(H,15,16). The number of benzene rings is 1. The molecule has 0 spiro atoms. The van der Waals surface area contributed by atoms with Crippen LogP contribution in [-0.2, 0) is 4.74 Å². The van der Waals surface area contributed by atoms with Gasteiger partial charge in [-0.15, -0.1) is 0 Å². The summed E-state index contributed by atoms with van der Waals surface area (Å²) in [5.41, 5.74) is 0.664. The highest BCUT2D eigenvalue weighted by atomic mass is 16.5. The van der Waals surface area contributed by atoms with Crippen molar-refractivity contribution in [2.24, 2.45) is 0 Å². The van der Waals surface area contributed by atoms with Gasteiger partial charge in [0.2, 0.25) is 0 Å². The maximum absolute atomic E-state index is 12.0. The Morgan fingerprint density at radius 3 is 2.82 bits per heavy atom. The van der Waals surface area contributed by atoms with Crippen LogP contribution in [0.25, 0.3) is 0 Å². The second kappa shape index (κ2) is 5.34. The Morgan fingerprint density at radius 2 is 2.12 bits per heavy atom. The molecule has 0 saturated heterocycles. The molecule has 17 heavy (non-hydrogen) atoms. The van der Waals surface area contributed by atoms with Gasteiger partial charge in [0.05, 0.1) is 13.2 Å². The summed E-state index contributed by atoms with van der Waals surface area (Å²) in [5.74, 6) is 0.714. The first-order chi connectivity index (χ1) is 8.31. The van der Waals surface area contributed by atoms with Crippen LogP contribution in [0.15, 0.2) is 54.3 Å². The molecule has 0 fully saturated rings. The number of amides is 1. The van der Waals surface area contributed by atoms with E-state index in [0.717, 1.165) is 12.2 Å². The largest absolute Gasteiger partial charge is 0.499 e. The highest BCUT2D eigenvalue weighted by Crippen LogP contribution is 2.14. The van der Waals surface area contributed by atoms with Crippen LogP contribution in [0.5, 0.6) is 0 Å². The quantitative estimate of drug-likeness (QED) is 0.863. The van der Waals surface area contributed by atoms with Crippen LogP contribution in [0.3, 0.4) is 0 Å². The van der Waals surface area contributed by atoms with Crippen molar-refractivity contribution >= 4 is 5.91 Å². The molecule has 0 aliphatic heterocycles. The molecule has 1 aliphatic rings. The van der Waals surface area contributed by atoms with Gasteiger partial charge in [-0.3, -0.25) is 4.79 Å². The van der Waals surface area contributed by atoms with E-state index in [2.05, 4.69) is 5.32 Å². The molecule has 1 aliphatic carbocycles. The van der Waals surface area contributed by atoms with Crippen LogP contribution in [0.2, 0.25) is 0 Å². The van der Waals surface area contributed by atoms with Crippen molar-refractivity contribution in [2.75, 3.05) is 7.11 Å². The Labute approximate surface area is 101 Å². The van der Waals surface area contributed by atoms with Crippen LogP contribution in [-0.4, -0.2) is 19.1 Å². The normalized spacial score (nSPS) is 18.4. The van der Waals surface area contributed by atoms with Gasteiger partial charge in [-0.2, -0.15) is 0 Å². The zero-order chi connectivity index (χ0) is 12.1. The number of rotatable bonds is 3. The summed E-state index contributed by atoms with van der Waals surface area (Å²) in [4.78, 5) is 12.0. The van der Waals surface area contributed by atoms with Crippen molar-refractivity contribution in [3.8, 4) is 0 Å². The molecule has 3 nitrogen and oxygen atoms in total. The molecule has 0 heterocycles. The first kappa shape index (κ1) is 11.5. The molecule has 88 valence electrons. The molecule has 1 atom stereocenters. The van der Waals surface area contributed by atoms with Crippen molar-refractivity contribution in [2.45, 2.75) is 12.5 Å². The molecule has 3 heteroatoms. The minimum absolute atomic E-state index is 0.0716. The molecule has 0 saturated carbocycles. The van der Waals surface area contributed by atoms with Crippen molar-refractivity contribution in [3.05, 3.63) is 59.9 Å². The number of carbonyl (C=O) groups is 1. The van der Waals surface area contributed by atoms with E-state index in [1.54, 1.807) is 19.2 Å². The van der Waals surface area contributed by atoms with Gasteiger partial charge in [-0.25, -0.2) is 0 Å². The molecule has 0 radical (unpaired) electrons. The lowest BCUT2D eigenvalue weighted by atomic mass is 10.1. The molecule has 1 aromatic carbocycles. The fraction of sp³-hybridized carbons (Fsp3) is 0.214. The van der Waals surface area contributed by atoms with Gasteiger partial charge < -0.3 is 10.1 Å². The maximum atomic E-state index is 12.0. The van der Waals surface area contributed by atoms with E-state index in [4.69, 9.17) is 4.74 Å². The zero-order valence-electron chi connectivity index (χ0n) is 9.72. The predicted octanol–water partition coefficient (Wildman–Crippen LogP) is 2.28. The summed E-state index contributed by atoms with van der Waals surface area (Å²) in [7, 11) is 1.62. The lowest BCUT2D eigenvalue weighted by Gasteiger charge is -2.21. The van der Waals surface area contributed by atoms with Crippen LogP contribution in [0.1, 0.15) is 16.8 Å². The lowest BCUT2D eigenvalue weighted by Crippen LogP contribution is -2.37. The van der Waals surface area contributed by atoms with Gasteiger partial charge in [0.1, 0.15) is 5.76 Å².